The largest absolute Gasteiger partial charge is 0.433 e. The number of alkyl halides is 5. The lowest BCUT2D eigenvalue weighted by Crippen LogP contribution is -2.14. The summed E-state index contributed by atoms with van der Waals surface area (Å²) >= 11 is 0. The summed E-state index contributed by atoms with van der Waals surface area (Å²) in [6.45, 7) is -3.11. The van der Waals surface area contributed by atoms with Crippen molar-refractivity contribution in [3.63, 3.8) is 0 Å². The molecule has 10 heteroatoms. The van der Waals surface area contributed by atoms with Crippen molar-refractivity contribution in [2.24, 2.45) is 7.05 Å². The van der Waals surface area contributed by atoms with Crippen molar-refractivity contribution in [1.29, 1.82) is 0 Å². The Morgan fingerprint density at radius 3 is 2.52 bits per heavy atom. The summed E-state index contributed by atoms with van der Waals surface area (Å²) in [5.41, 5.74) is -1.73. The molecule has 2 rings (SSSR count). The Labute approximate surface area is 126 Å². The van der Waals surface area contributed by atoms with E-state index in [1.165, 1.54) is 24.3 Å². The Morgan fingerprint density at radius 2 is 1.96 bits per heavy atom. The topological polar surface area (TPSA) is 56.2 Å². The number of halogens is 5. The highest BCUT2D eigenvalue weighted by Crippen LogP contribution is 2.30. The lowest BCUT2D eigenvalue weighted by molar-refractivity contribution is -0.143. The van der Waals surface area contributed by atoms with Gasteiger partial charge in [0.05, 0.1) is 5.69 Å². The summed E-state index contributed by atoms with van der Waals surface area (Å²) in [5.74, 6) is -1.30. The monoisotopic (exact) mass is 335 g/mol. The van der Waals surface area contributed by atoms with E-state index in [0.717, 1.165) is 7.05 Å². The third kappa shape index (κ3) is 3.96. The molecule has 0 saturated heterocycles. The van der Waals surface area contributed by atoms with Gasteiger partial charge in [0.25, 0.3) is 5.91 Å². The minimum Gasteiger partial charge on any atom is -0.433 e. The molecule has 0 unspecified atom stereocenters. The molecule has 0 radical (unpaired) electrons. The zero-order valence-electron chi connectivity index (χ0n) is 11.6. The number of benzene rings is 1. The fraction of sp³-hybridized carbons (Fsp3) is 0.231. The molecule has 1 amide bonds. The lowest BCUT2D eigenvalue weighted by Gasteiger charge is -2.10. The third-order valence-corrected chi connectivity index (χ3v) is 2.75. The Hall–Kier alpha value is -2.65. The van der Waals surface area contributed by atoms with Crippen molar-refractivity contribution in [1.82, 2.24) is 9.78 Å². The van der Waals surface area contributed by atoms with Crippen LogP contribution in [0.4, 0.5) is 27.6 Å². The standard InChI is InChI=1S/C13H10F5N3O2/c1-21-10(13(16,17)18)6-8(20-21)11(22)19-7-4-2-3-5-9(7)23-12(14)15/h2-6,12H,1H3,(H,19,22). The second-order valence-corrected chi connectivity index (χ2v) is 4.36. The van der Waals surface area contributed by atoms with Crippen LogP contribution in [0, 0.1) is 0 Å². The summed E-state index contributed by atoms with van der Waals surface area (Å²) < 4.78 is 67.3. The number of aryl methyl sites for hydroxylation is 1. The van der Waals surface area contributed by atoms with Gasteiger partial charge >= 0.3 is 12.8 Å². The maximum atomic E-state index is 12.7. The van der Waals surface area contributed by atoms with Gasteiger partial charge in [-0.25, -0.2) is 0 Å². The Morgan fingerprint density at radius 1 is 1.30 bits per heavy atom. The van der Waals surface area contributed by atoms with Gasteiger partial charge in [-0.05, 0) is 12.1 Å². The predicted molar refractivity (Wildman–Crippen MR) is 69.2 cm³/mol. The first kappa shape index (κ1) is 16.7. The number of hydrogen-bond donors (Lipinski definition) is 1. The summed E-state index contributed by atoms with van der Waals surface area (Å²) in [6, 6.07) is 5.85. The van der Waals surface area contributed by atoms with Crippen molar-refractivity contribution < 1.29 is 31.5 Å². The number of anilines is 1. The van der Waals surface area contributed by atoms with Crippen LogP contribution in [0.3, 0.4) is 0 Å². The van der Waals surface area contributed by atoms with Crippen LogP contribution >= 0.6 is 0 Å². The smallest absolute Gasteiger partial charge is 0.433 e. The van der Waals surface area contributed by atoms with Crippen LogP contribution in [0.2, 0.25) is 0 Å². The van der Waals surface area contributed by atoms with Gasteiger partial charge in [0.1, 0.15) is 11.4 Å². The van der Waals surface area contributed by atoms with Gasteiger partial charge in [0.2, 0.25) is 0 Å². The highest BCUT2D eigenvalue weighted by atomic mass is 19.4. The fourth-order valence-electron chi connectivity index (χ4n) is 1.80. The third-order valence-electron chi connectivity index (χ3n) is 2.75. The van der Waals surface area contributed by atoms with E-state index in [2.05, 4.69) is 15.2 Å². The summed E-state index contributed by atoms with van der Waals surface area (Å²) in [5, 5.41) is 5.64. The number of nitrogens with zero attached hydrogens (tertiary/aromatic N) is 2. The van der Waals surface area contributed by atoms with E-state index >= 15 is 0 Å². The quantitative estimate of drug-likeness (QED) is 0.873. The first-order chi connectivity index (χ1) is 10.7. The van der Waals surface area contributed by atoms with Gasteiger partial charge in [-0.15, -0.1) is 0 Å². The summed E-state index contributed by atoms with van der Waals surface area (Å²) in [4.78, 5) is 11.9. The molecule has 1 aromatic carbocycles. The molecule has 0 aliphatic carbocycles. The molecule has 124 valence electrons. The fourth-order valence-corrected chi connectivity index (χ4v) is 1.80. The van der Waals surface area contributed by atoms with Gasteiger partial charge < -0.3 is 10.1 Å². The lowest BCUT2D eigenvalue weighted by atomic mass is 10.2. The molecule has 1 heterocycles. The van der Waals surface area contributed by atoms with E-state index in [1.54, 1.807) is 0 Å². The first-order valence-corrected chi connectivity index (χ1v) is 6.15. The number of hydrogen-bond acceptors (Lipinski definition) is 3. The molecule has 0 saturated carbocycles. The van der Waals surface area contributed by atoms with Gasteiger partial charge in [-0.3, -0.25) is 9.48 Å². The second-order valence-electron chi connectivity index (χ2n) is 4.36. The normalized spacial score (nSPS) is 11.6. The molecule has 5 nitrogen and oxygen atoms in total. The van der Waals surface area contributed by atoms with E-state index in [0.29, 0.717) is 10.7 Å². The number of carbonyl (C=O) groups excluding carboxylic acids is 1. The average molecular weight is 335 g/mol. The number of ether oxygens (including phenoxy) is 1. The number of nitrogens with one attached hydrogen (secondary N) is 1. The van der Waals surface area contributed by atoms with Crippen LogP contribution < -0.4 is 10.1 Å². The van der Waals surface area contributed by atoms with E-state index < -0.39 is 30.1 Å². The SMILES string of the molecule is Cn1nc(C(=O)Nc2ccccc2OC(F)F)cc1C(F)(F)F. The Kier molecular flexibility index (Phi) is 4.52. The molecule has 1 N–H and O–H groups in total. The predicted octanol–water partition coefficient (Wildman–Crippen LogP) is 3.29. The van der Waals surface area contributed by atoms with Crippen LogP contribution in [0.5, 0.6) is 5.75 Å². The van der Waals surface area contributed by atoms with E-state index in [4.69, 9.17) is 0 Å². The molecular weight excluding hydrogens is 325 g/mol. The Bertz CT molecular complexity index is 712. The van der Waals surface area contributed by atoms with Gasteiger partial charge in [-0.2, -0.15) is 27.1 Å². The molecule has 23 heavy (non-hydrogen) atoms. The first-order valence-electron chi connectivity index (χ1n) is 6.15. The minimum absolute atomic E-state index is 0.114. The van der Waals surface area contributed by atoms with Crippen LogP contribution in [0.1, 0.15) is 16.2 Å². The van der Waals surface area contributed by atoms with Crippen molar-refractivity contribution in [3.05, 3.63) is 41.7 Å². The minimum atomic E-state index is -4.67. The number of carbonyl (C=O) groups is 1. The van der Waals surface area contributed by atoms with Crippen LogP contribution in [-0.2, 0) is 13.2 Å². The maximum absolute atomic E-state index is 12.7. The highest BCUT2D eigenvalue weighted by Gasteiger charge is 2.35. The molecule has 0 aliphatic heterocycles. The van der Waals surface area contributed by atoms with Crippen molar-refractivity contribution in [2.45, 2.75) is 12.8 Å². The molecule has 2 aromatic rings. The van der Waals surface area contributed by atoms with E-state index in [-0.39, 0.29) is 11.4 Å². The molecule has 0 aliphatic rings. The van der Waals surface area contributed by atoms with Crippen LogP contribution in [0.15, 0.2) is 30.3 Å². The molecule has 1 aromatic heterocycles. The summed E-state index contributed by atoms with van der Waals surface area (Å²) in [7, 11) is 1.04. The number of rotatable bonds is 4. The van der Waals surface area contributed by atoms with E-state index in [9.17, 15) is 26.7 Å². The number of aromatic nitrogens is 2. The average Bonchev–Trinajstić information content (AvgIpc) is 2.82. The van der Waals surface area contributed by atoms with Crippen LogP contribution in [-0.4, -0.2) is 22.3 Å². The molecular formula is C13H10F5N3O2. The zero-order valence-corrected chi connectivity index (χ0v) is 11.6. The zero-order chi connectivity index (χ0) is 17.2. The van der Waals surface area contributed by atoms with Gasteiger partial charge in [-0.1, -0.05) is 12.1 Å². The van der Waals surface area contributed by atoms with Crippen molar-refractivity contribution >= 4 is 11.6 Å². The number of para-hydroxylation sites is 2. The van der Waals surface area contributed by atoms with Gasteiger partial charge in [0.15, 0.2) is 5.69 Å². The van der Waals surface area contributed by atoms with Crippen molar-refractivity contribution in [3.8, 4) is 5.75 Å². The molecule has 0 atom stereocenters. The molecule has 0 bridgehead atoms. The molecule has 0 spiro atoms. The maximum Gasteiger partial charge on any atom is 0.433 e. The summed E-state index contributed by atoms with van der Waals surface area (Å²) in [6.07, 6.45) is -4.67. The second kappa shape index (κ2) is 6.23. The van der Waals surface area contributed by atoms with Crippen LogP contribution in [0.25, 0.3) is 0 Å². The Balaban J connectivity index is 2.24. The van der Waals surface area contributed by atoms with Gasteiger partial charge in [0, 0.05) is 13.1 Å². The molecule has 0 fully saturated rings. The number of amides is 1. The van der Waals surface area contributed by atoms with E-state index in [1.807, 2.05) is 0 Å². The highest BCUT2D eigenvalue weighted by molar-refractivity contribution is 6.03. The van der Waals surface area contributed by atoms with Crippen molar-refractivity contribution in [2.75, 3.05) is 5.32 Å².